The van der Waals surface area contributed by atoms with Crippen molar-refractivity contribution in [1.82, 2.24) is 9.80 Å². The number of nitrogens with zero attached hydrogens (tertiary/aromatic N) is 2. The van der Waals surface area contributed by atoms with Gasteiger partial charge in [-0.3, -0.25) is 29.0 Å². The number of ether oxygens (including phenoxy) is 2. The van der Waals surface area contributed by atoms with Crippen LogP contribution in [0.2, 0.25) is 0 Å². The molecule has 0 aliphatic rings. The van der Waals surface area contributed by atoms with Crippen molar-refractivity contribution in [3.8, 4) is 0 Å². The molecule has 0 amide bonds. The predicted octanol–water partition coefficient (Wildman–Crippen LogP) is -2.43. The van der Waals surface area contributed by atoms with Crippen LogP contribution in [0, 0.1) is 0 Å². The second kappa shape index (κ2) is 16.8. The van der Waals surface area contributed by atoms with Crippen molar-refractivity contribution in [2.75, 3.05) is 66.7 Å². The van der Waals surface area contributed by atoms with Crippen molar-refractivity contribution < 1.29 is 54.2 Å². The number of aliphatic hydroxyl groups excluding tert-OH is 1. The van der Waals surface area contributed by atoms with Crippen molar-refractivity contribution in [2.24, 2.45) is 0 Å². The summed E-state index contributed by atoms with van der Waals surface area (Å²) in [5.41, 5.74) is 0. The minimum Gasteiger partial charge on any atom is -0.480 e. The lowest BCUT2D eigenvalue weighted by Crippen LogP contribution is -2.43. The summed E-state index contributed by atoms with van der Waals surface area (Å²) in [5, 5.41) is 43.3. The second-order valence-electron chi connectivity index (χ2n) is 5.56. The van der Waals surface area contributed by atoms with Crippen molar-refractivity contribution in [3.63, 3.8) is 0 Å². The van der Waals surface area contributed by atoms with Crippen LogP contribution < -0.4 is 0 Å². The Bertz CT molecular complexity index is 413. The van der Waals surface area contributed by atoms with E-state index in [0.29, 0.717) is 13.2 Å². The van der Waals surface area contributed by atoms with Crippen molar-refractivity contribution in [1.29, 1.82) is 0 Å². The van der Waals surface area contributed by atoms with Gasteiger partial charge in [0.2, 0.25) is 0 Å². The van der Waals surface area contributed by atoms with Gasteiger partial charge in [0.05, 0.1) is 39.4 Å². The fourth-order valence-corrected chi connectivity index (χ4v) is 1.91. The summed E-state index contributed by atoms with van der Waals surface area (Å²) < 4.78 is 9.25. The van der Waals surface area contributed by atoms with E-state index in [4.69, 9.17) is 25.5 Å². The number of carboxylic acids is 4. The van der Waals surface area contributed by atoms with Crippen LogP contribution in [0.4, 0.5) is 0 Å². The van der Waals surface area contributed by atoms with E-state index in [0.717, 1.165) is 9.80 Å². The second-order valence-corrected chi connectivity index (χ2v) is 5.56. The summed E-state index contributed by atoms with van der Waals surface area (Å²) in [6.07, 6.45) is -0.481. The van der Waals surface area contributed by atoms with Gasteiger partial charge in [-0.15, -0.1) is 0 Å². The highest BCUT2D eigenvalue weighted by Gasteiger charge is 2.18. The van der Waals surface area contributed by atoms with Gasteiger partial charge in [0.15, 0.2) is 0 Å². The molecular weight excluding hydrogens is 384 g/mol. The summed E-state index contributed by atoms with van der Waals surface area (Å²) in [7, 11) is 3.08. The SMILES string of the molecule is COCC(O)COC.O=C(O)CN(CCN(CC(=O)O)CC(=O)O)CC(=O)O. The third-order valence-electron chi connectivity index (χ3n) is 2.89. The fourth-order valence-electron chi connectivity index (χ4n) is 1.91. The highest BCUT2D eigenvalue weighted by molar-refractivity contribution is 5.73. The molecule has 0 aliphatic carbocycles. The van der Waals surface area contributed by atoms with E-state index in [1.807, 2.05) is 0 Å². The highest BCUT2D eigenvalue weighted by Crippen LogP contribution is 1.94. The van der Waals surface area contributed by atoms with E-state index in [1.165, 1.54) is 0 Å². The van der Waals surface area contributed by atoms with E-state index >= 15 is 0 Å². The summed E-state index contributed by atoms with van der Waals surface area (Å²) in [5.74, 6) is -4.91. The van der Waals surface area contributed by atoms with Gasteiger partial charge in [0.25, 0.3) is 0 Å². The molecule has 5 N–H and O–H groups in total. The van der Waals surface area contributed by atoms with Crippen molar-refractivity contribution >= 4 is 23.9 Å². The van der Waals surface area contributed by atoms with Gasteiger partial charge < -0.3 is 35.0 Å². The number of rotatable bonds is 15. The first-order valence-corrected chi connectivity index (χ1v) is 7.99. The lowest BCUT2D eigenvalue weighted by Gasteiger charge is -2.23. The van der Waals surface area contributed by atoms with E-state index in [9.17, 15) is 19.2 Å². The molecule has 13 heteroatoms. The Morgan fingerprint density at radius 2 is 0.929 bits per heavy atom. The average Bonchev–Trinajstić information content (AvgIpc) is 2.51. The van der Waals surface area contributed by atoms with Crippen LogP contribution >= 0.6 is 0 Å². The van der Waals surface area contributed by atoms with E-state index in [-0.39, 0.29) is 13.1 Å². The number of carbonyl (C=O) groups is 4. The lowest BCUT2D eigenvalue weighted by atomic mass is 10.4. The number of methoxy groups -OCH3 is 2. The molecule has 0 heterocycles. The van der Waals surface area contributed by atoms with Gasteiger partial charge in [-0.1, -0.05) is 0 Å². The Hall–Kier alpha value is -2.32. The molecule has 164 valence electrons. The van der Waals surface area contributed by atoms with Gasteiger partial charge in [0, 0.05) is 27.3 Å². The Morgan fingerprint density at radius 3 is 1.11 bits per heavy atom. The maximum Gasteiger partial charge on any atom is 0.317 e. The minimum atomic E-state index is -1.23. The molecule has 0 bridgehead atoms. The molecule has 28 heavy (non-hydrogen) atoms. The molecule has 0 radical (unpaired) electrons. The Balaban J connectivity index is 0. The van der Waals surface area contributed by atoms with Crippen LogP contribution in [-0.4, -0.2) is 132 Å². The van der Waals surface area contributed by atoms with E-state index < -0.39 is 56.2 Å². The smallest absolute Gasteiger partial charge is 0.317 e. The summed E-state index contributed by atoms with van der Waals surface area (Å²) in [6.45, 7) is -1.57. The molecule has 0 aromatic carbocycles. The third-order valence-corrected chi connectivity index (χ3v) is 2.89. The van der Waals surface area contributed by atoms with Crippen LogP contribution in [0.15, 0.2) is 0 Å². The number of aliphatic carboxylic acids is 4. The number of carboxylic acid groups (broad SMARTS) is 4. The molecule has 0 saturated carbocycles. The van der Waals surface area contributed by atoms with Gasteiger partial charge in [-0.05, 0) is 0 Å². The lowest BCUT2D eigenvalue weighted by molar-refractivity contribution is -0.145. The maximum atomic E-state index is 10.6. The van der Waals surface area contributed by atoms with Gasteiger partial charge in [-0.2, -0.15) is 0 Å². The molecule has 0 atom stereocenters. The van der Waals surface area contributed by atoms with Gasteiger partial charge in [0.1, 0.15) is 6.10 Å². The Kier molecular flexibility index (Phi) is 16.8. The Morgan fingerprint density at radius 1 is 0.679 bits per heavy atom. The van der Waals surface area contributed by atoms with Crippen LogP contribution in [0.3, 0.4) is 0 Å². The molecule has 0 fully saturated rings. The van der Waals surface area contributed by atoms with Crippen LogP contribution in [0.5, 0.6) is 0 Å². The molecule has 0 aromatic rings. The zero-order chi connectivity index (χ0) is 22.1. The van der Waals surface area contributed by atoms with Crippen molar-refractivity contribution in [3.05, 3.63) is 0 Å². The quantitative estimate of drug-likeness (QED) is 0.191. The Labute approximate surface area is 161 Å². The zero-order valence-corrected chi connectivity index (χ0v) is 15.8. The molecular formula is C15H28N2O11. The summed E-state index contributed by atoms with van der Waals surface area (Å²) >= 11 is 0. The van der Waals surface area contributed by atoms with Gasteiger partial charge in [-0.25, -0.2) is 0 Å². The van der Waals surface area contributed by atoms with Crippen LogP contribution in [0.25, 0.3) is 0 Å². The van der Waals surface area contributed by atoms with Crippen molar-refractivity contribution in [2.45, 2.75) is 6.10 Å². The molecule has 0 rings (SSSR count). The third kappa shape index (κ3) is 20.0. The minimum absolute atomic E-state index is 0.0703. The first kappa shape index (κ1) is 27.9. The molecule has 0 aliphatic heterocycles. The van der Waals surface area contributed by atoms with E-state index in [1.54, 1.807) is 14.2 Å². The number of hydrogen-bond donors (Lipinski definition) is 5. The van der Waals surface area contributed by atoms with Gasteiger partial charge >= 0.3 is 23.9 Å². The molecule has 0 saturated heterocycles. The number of hydrogen-bond acceptors (Lipinski definition) is 9. The largest absolute Gasteiger partial charge is 0.480 e. The predicted molar refractivity (Wildman–Crippen MR) is 93.2 cm³/mol. The standard InChI is InChI=1S/C10H16N2O8.C5H12O3/c13-7(14)3-11(4-8(15)16)1-2-12(5-9(17)18)6-10(19)20;1-7-3-5(6)4-8-2/h1-6H2,(H,13,14)(H,15,16)(H,17,18)(H,19,20);5-6H,3-4H2,1-2H3. The zero-order valence-electron chi connectivity index (χ0n) is 15.8. The molecule has 0 unspecified atom stereocenters. The summed E-state index contributed by atoms with van der Waals surface area (Å²) in [6, 6.07) is 0. The van der Waals surface area contributed by atoms with Crippen LogP contribution in [0.1, 0.15) is 0 Å². The maximum absolute atomic E-state index is 10.6. The molecule has 0 aromatic heterocycles. The van der Waals surface area contributed by atoms with Crippen LogP contribution in [-0.2, 0) is 28.7 Å². The first-order chi connectivity index (χ1) is 13.0. The average molecular weight is 412 g/mol. The monoisotopic (exact) mass is 412 g/mol. The molecule has 0 spiro atoms. The van der Waals surface area contributed by atoms with E-state index in [2.05, 4.69) is 9.47 Å². The molecule has 13 nitrogen and oxygen atoms in total. The number of aliphatic hydroxyl groups is 1. The normalized spacial score (nSPS) is 10.6. The topological polar surface area (TPSA) is 194 Å². The first-order valence-electron chi connectivity index (χ1n) is 7.99. The fraction of sp³-hybridized carbons (Fsp3) is 0.733. The highest BCUT2D eigenvalue weighted by atomic mass is 16.5. The summed E-state index contributed by atoms with van der Waals surface area (Å²) in [4.78, 5) is 44.4.